The quantitative estimate of drug-likeness (QED) is 0.528. The van der Waals surface area contributed by atoms with Crippen molar-refractivity contribution in [1.82, 2.24) is 9.80 Å². The zero-order valence-corrected chi connectivity index (χ0v) is 20.7. The molecule has 2 saturated heterocycles. The van der Waals surface area contributed by atoms with Crippen LogP contribution in [0.3, 0.4) is 0 Å². The van der Waals surface area contributed by atoms with E-state index in [1.165, 1.54) is 7.11 Å². The molecule has 9 heteroatoms. The molecule has 0 bridgehead atoms. The van der Waals surface area contributed by atoms with Crippen LogP contribution in [-0.2, 0) is 20.8 Å². The lowest BCUT2D eigenvalue weighted by Crippen LogP contribution is -2.50. The number of methoxy groups -OCH3 is 1. The largest absolute Gasteiger partial charge is 0.471 e. The summed E-state index contributed by atoms with van der Waals surface area (Å²) >= 11 is 0. The number of nitrogens with zero attached hydrogens (tertiary/aromatic N) is 2. The van der Waals surface area contributed by atoms with Crippen molar-refractivity contribution in [3.63, 3.8) is 0 Å². The topological polar surface area (TPSA) is 59.1 Å². The van der Waals surface area contributed by atoms with Gasteiger partial charge in [-0.05, 0) is 48.9 Å². The van der Waals surface area contributed by atoms with Crippen LogP contribution in [-0.4, -0.2) is 72.3 Å². The molecule has 2 aromatic rings. The van der Waals surface area contributed by atoms with E-state index in [1.807, 2.05) is 42.5 Å². The predicted octanol–water partition coefficient (Wildman–Crippen LogP) is 4.54. The van der Waals surface area contributed by atoms with Crippen molar-refractivity contribution < 1.29 is 32.2 Å². The molecule has 5 rings (SSSR count). The number of hydrogen-bond donors (Lipinski definition) is 0. The van der Waals surface area contributed by atoms with E-state index < -0.39 is 29.8 Å². The Hall–Kier alpha value is -2.91. The van der Waals surface area contributed by atoms with Gasteiger partial charge < -0.3 is 14.4 Å². The molecular formula is C28H31F3N2O4. The molecule has 1 aliphatic carbocycles. The number of carbonyl (C=O) groups is 2. The Morgan fingerprint density at radius 1 is 1.08 bits per heavy atom. The van der Waals surface area contributed by atoms with Crippen LogP contribution in [0.1, 0.15) is 53.1 Å². The van der Waals surface area contributed by atoms with E-state index in [0.717, 1.165) is 29.1 Å². The summed E-state index contributed by atoms with van der Waals surface area (Å²) < 4.78 is 51.7. The number of piperidine rings is 1. The monoisotopic (exact) mass is 516 g/mol. The lowest BCUT2D eigenvalue weighted by Gasteiger charge is -2.39. The fraction of sp³-hybridized carbons (Fsp3) is 0.500. The van der Waals surface area contributed by atoms with Gasteiger partial charge in [-0.15, -0.1) is 0 Å². The third kappa shape index (κ3) is 5.52. The number of alkyl halides is 3. The first-order chi connectivity index (χ1) is 17.7. The van der Waals surface area contributed by atoms with Gasteiger partial charge in [0.25, 0.3) is 0 Å². The van der Waals surface area contributed by atoms with Gasteiger partial charge in [-0.2, -0.15) is 13.2 Å². The average molecular weight is 517 g/mol. The summed E-state index contributed by atoms with van der Waals surface area (Å²) in [6.07, 6.45) is -2.55. The van der Waals surface area contributed by atoms with E-state index in [-0.39, 0.29) is 18.5 Å². The average Bonchev–Trinajstić information content (AvgIpc) is 3.58. The molecule has 37 heavy (non-hydrogen) atoms. The maximum Gasteiger partial charge on any atom is 0.471 e. The van der Waals surface area contributed by atoms with Crippen LogP contribution in [0.15, 0.2) is 54.6 Å². The van der Waals surface area contributed by atoms with Crippen molar-refractivity contribution in [2.75, 3.05) is 26.8 Å². The number of carbonyl (C=O) groups excluding carboxylic acids is 2. The van der Waals surface area contributed by atoms with Gasteiger partial charge >= 0.3 is 18.1 Å². The number of ether oxygens (including phenoxy) is 2. The lowest BCUT2D eigenvalue weighted by molar-refractivity contribution is -0.188. The van der Waals surface area contributed by atoms with Crippen LogP contribution in [0.25, 0.3) is 0 Å². The van der Waals surface area contributed by atoms with E-state index in [0.29, 0.717) is 37.8 Å². The first kappa shape index (κ1) is 25.7. The Morgan fingerprint density at radius 3 is 2.38 bits per heavy atom. The van der Waals surface area contributed by atoms with Crippen LogP contribution in [0, 0.1) is 0 Å². The van der Waals surface area contributed by atoms with Crippen molar-refractivity contribution in [2.24, 2.45) is 0 Å². The molecule has 3 fully saturated rings. The molecule has 1 saturated carbocycles. The van der Waals surface area contributed by atoms with Crippen molar-refractivity contribution in [2.45, 2.75) is 62.0 Å². The summed E-state index contributed by atoms with van der Waals surface area (Å²) in [7, 11) is 1.35. The molecule has 2 aromatic carbocycles. The van der Waals surface area contributed by atoms with Crippen molar-refractivity contribution in [3.05, 3.63) is 71.3 Å². The van der Waals surface area contributed by atoms with Crippen LogP contribution in [0.5, 0.6) is 0 Å². The number of esters is 1. The minimum Gasteiger partial charge on any atom is -0.465 e. The first-order valence-corrected chi connectivity index (χ1v) is 12.7. The molecule has 6 nitrogen and oxygen atoms in total. The molecule has 2 heterocycles. The molecule has 0 N–H and O–H groups in total. The minimum atomic E-state index is -4.91. The van der Waals surface area contributed by atoms with Gasteiger partial charge in [0.05, 0.1) is 30.9 Å². The second kappa shape index (κ2) is 10.1. The summed E-state index contributed by atoms with van der Waals surface area (Å²) in [4.78, 5) is 27.5. The lowest BCUT2D eigenvalue weighted by atomic mass is 9.86. The SMILES string of the molecule is COC(=O)c1ccc(CN2CCC3(CC2)CC(N(C(=O)C(F)(F)F)[C@@H]2C[C@H]2c2ccccc2)CO3)cc1. The number of rotatable bonds is 6. The fourth-order valence-electron chi connectivity index (χ4n) is 5.87. The summed E-state index contributed by atoms with van der Waals surface area (Å²) in [5.74, 6) is -2.20. The highest BCUT2D eigenvalue weighted by atomic mass is 19.4. The van der Waals surface area contributed by atoms with Gasteiger partial charge in [0.1, 0.15) is 0 Å². The van der Waals surface area contributed by atoms with E-state index in [9.17, 15) is 22.8 Å². The summed E-state index contributed by atoms with van der Waals surface area (Å²) in [6.45, 7) is 2.33. The first-order valence-electron chi connectivity index (χ1n) is 12.7. The Morgan fingerprint density at radius 2 is 1.76 bits per heavy atom. The summed E-state index contributed by atoms with van der Waals surface area (Å²) in [5.41, 5.74) is 2.03. The standard InChI is InChI=1S/C28H31F3N2O4/c1-36-25(34)21-9-7-19(8-10-21)17-32-13-11-27(12-14-32)16-22(18-37-27)33(26(35)28(29,30)31)24-15-23(24)20-5-3-2-4-6-20/h2-10,22-24H,11-18H2,1H3/t22?,23-,24+/m0/s1. The smallest absolute Gasteiger partial charge is 0.465 e. The second-order valence-corrected chi connectivity index (χ2v) is 10.3. The fourth-order valence-corrected chi connectivity index (χ4v) is 5.87. The van der Waals surface area contributed by atoms with E-state index in [4.69, 9.17) is 9.47 Å². The molecule has 0 radical (unpaired) electrons. The molecule has 2 aliphatic heterocycles. The van der Waals surface area contributed by atoms with Crippen LogP contribution in [0.2, 0.25) is 0 Å². The van der Waals surface area contributed by atoms with Gasteiger partial charge in [-0.3, -0.25) is 9.69 Å². The van der Waals surface area contributed by atoms with Gasteiger partial charge in [0.15, 0.2) is 0 Å². The molecular weight excluding hydrogens is 485 g/mol. The van der Waals surface area contributed by atoms with Crippen molar-refractivity contribution >= 4 is 11.9 Å². The van der Waals surface area contributed by atoms with E-state index in [1.54, 1.807) is 12.1 Å². The van der Waals surface area contributed by atoms with Crippen LogP contribution >= 0.6 is 0 Å². The zero-order valence-electron chi connectivity index (χ0n) is 20.7. The highest BCUT2D eigenvalue weighted by Crippen LogP contribution is 2.49. The van der Waals surface area contributed by atoms with E-state index in [2.05, 4.69) is 4.90 Å². The van der Waals surface area contributed by atoms with E-state index >= 15 is 0 Å². The summed E-state index contributed by atoms with van der Waals surface area (Å²) in [6, 6.07) is 15.7. The third-order valence-corrected chi connectivity index (χ3v) is 7.95. The van der Waals surface area contributed by atoms with Gasteiger partial charge in [-0.25, -0.2) is 4.79 Å². The maximum absolute atomic E-state index is 13.6. The highest BCUT2D eigenvalue weighted by Gasteiger charge is 2.57. The summed E-state index contributed by atoms with van der Waals surface area (Å²) in [5, 5.41) is 0. The highest BCUT2D eigenvalue weighted by molar-refractivity contribution is 5.89. The van der Waals surface area contributed by atoms with Crippen molar-refractivity contribution in [3.8, 4) is 0 Å². The molecule has 1 unspecified atom stereocenters. The normalized spacial score (nSPS) is 25.1. The predicted molar refractivity (Wildman–Crippen MR) is 130 cm³/mol. The van der Waals surface area contributed by atoms with Gasteiger partial charge in [0.2, 0.25) is 0 Å². The van der Waals surface area contributed by atoms with Crippen LogP contribution in [0.4, 0.5) is 13.2 Å². The van der Waals surface area contributed by atoms with Crippen molar-refractivity contribution in [1.29, 1.82) is 0 Å². The Kier molecular flexibility index (Phi) is 7.02. The molecule has 198 valence electrons. The number of benzene rings is 2. The molecule has 1 amide bonds. The molecule has 0 aromatic heterocycles. The second-order valence-electron chi connectivity index (χ2n) is 10.3. The maximum atomic E-state index is 13.6. The Labute approximate surface area is 214 Å². The van der Waals surface area contributed by atoms with Gasteiger partial charge in [-0.1, -0.05) is 42.5 Å². The minimum absolute atomic E-state index is 0.0727. The van der Waals surface area contributed by atoms with Crippen LogP contribution < -0.4 is 0 Å². The number of amides is 1. The third-order valence-electron chi connectivity index (χ3n) is 7.95. The molecule has 1 spiro atoms. The number of likely N-dealkylation sites (tertiary alicyclic amines) is 1. The Balaban J connectivity index is 1.21. The molecule has 3 atom stereocenters. The number of halogens is 3. The zero-order chi connectivity index (χ0) is 26.2. The Bertz CT molecular complexity index is 1110. The van der Waals surface area contributed by atoms with Gasteiger partial charge in [0, 0.05) is 31.6 Å². The number of hydrogen-bond acceptors (Lipinski definition) is 5. The molecule has 3 aliphatic rings.